The van der Waals surface area contributed by atoms with Crippen LogP contribution in [0.1, 0.15) is 28.9 Å². The quantitative estimate of drug-likeness (QED) is 0.927. The highest BCUT2D eigenvalue weighted by Crippen LogP contribution is 2.33. The number of benzene rings is 1. The molecule has 0 atom stereocenters. The molecule has 112 valence electrons. The van der Waals surface area contributed by atoms with Gasteiger partial charge in [0, 0.05) is 6.54 Å². The van der Waals surface area contributed by atoms with Gasteiger partial charge in [0.25, 0.3) is 10.0 Å². The molecule has 0 fully saturated rings. The number of aromatic nitrogens is 2. The van der Waals surface area contributed by atoms with Crippen molar-refractivity contribution >= 4 is 15.7 Å². The molecule has 1 aliphatic rings. The summed E-state index contributed by atoms with van der Waals surface area (Å²) in [6, 6.07) is 5.94. The van der Waals surface area contributed by atoms with E-state index in [1.165, 1.54) is 4.31 Å². The number of hydrogen-bond acceptors (Lipinski definition) is 3. The topological polar surface area (TPSA) is 66.1 Å². The second-order valence-corrected chi connectivity index (χ2v) is 7.38. The third-order valence-electron chi connectivity index (χ3n) is 3.92. The SMILES string of the molecule is Cc1ccc2c(c1)CCCN2S(=O)(=O)c1c(C)n[nH]c1C. The minimum absolute atomic E-state index is 0.302. The van der Waals surface area contributed by atoms with E-state index in [-0.39, 0.29) is 0 Å². The molecule has 21 heavy (non-hydrogen) atoms. The number of nitrogens with zero attached hydrogens (tertiary/aromatic N) is 2. The van der Waals surface area contributed by atoms with E-state index in [1.807, 2.05) is 19.1 Å². The minimum Gasteiger partial charge on any atom is -0.281 e. The van der Waals surface area contributed by atoms with Crippen LogP contribution in [0.5, 0.6) is 0 Å². The van der Waals surface area contributed by atoms with Gasteiger partial charge in [0.05, 0.1) is 17.1 Å². The van der Waals surface area contributed by atoms with Crippen LogP contribution in [0.25, 0.3) is 0 Å². The summed E-state index contributed by atoms with van der Waals surface area (Å²) < 4.78 is 27.5. The van der Waals surface area contributed by atoms with Gasteiger partial charge in [-0.2, -0.15) is 5.10 Å². The lowest BCUT2D eigenvalue weighted by molar-refractivity contribution is 0.585. The van der Waals surface area contributed by atoms with Gasteiger partial charge in [-0.05, 0) is 45.2 Å². The normalized spacial score (nSPS) is 15.1. The number of aromatic amines is 1. The van der Waals surface area contributed by atoms with Crippen LogP contribution in [-0.2, 0) is 16.4 Å². The number of sulfonamides is 1. The Morgan fingerprint density at radius 3 is 2.67 bits per heavy atom. The van der Waals surface area contributed by atoms with E-state index < -0.39 is 10.0 Å². The van der Waals surface area contributed by atoms with Crippen molar-refractivity contribution in [2.45, 2.75) is 38.5 Å². The fraction of sp³-hybridized carbons (Fsp3) is 0.400. The average molecular weight is 305 g/mol. The maximum Gasteiger partial charge on any atom is 0.267 e. The summed E-state index contributed by atoms with van der Waals surface area (Å²) in [6.45, 7) is 6.00. The van der Waals surface area contributed by atoms with Crippen molar-refractivity contribution in [1.29, 1.82) is 0 Å². The summed E-state index contributed by atoms with van der Waals surface area (Å²) in [6.07, 6.45) is 1.76. The van der Waals surface area contributed by atoms with Crippen LogP contribution >= 0.6 is 0 Å². The number of rotatable bonds is 2. The van der Waals surface area contributed by atoms with E-state index in [4.69, 9.17) is 0 Å². The summed E-state index contributed by atoms with van der Waals surface area (Å²) >= 11 is 0. The monoisotopic (exact) mass is 305 g/mol. The van der Waals surface area contributed by atoms with Gasteiger partial charge in [-0.25, -0.2) is 8.42 Å². The molecule has 1 aromatic heterocycles. The first-order chi connectivity index (χ1) is 9.91. The van der Waals surface area contributed by atoms with Crippen molar-refractivity contribution in [3.63, 3.8) is 0 Å². The van der Waals surface area contributed by atoms with Crippen molar-refractivity contribution in [3.05, 3.63) is 40.7 Å². The van der Waals surface area contributed by atoms with Crippen molar-refractivity contribution < 1.29 is 8.42 Å². The molecule has 0 spiro atoms. The summed E-state index contributed by atoms with van der Waals surface area (Å²) in [5.74, 6) is 0. The molecule has 1 aromatic carbocycles. The molecule has 3 rings (SSSR count). The Kier molecular flexibility index (Phi) is 3.28. The standard InChI is InChI=1S/C15H19N3O2S/c1-10-6-7-14-13(9-10)5-4-8-18(14)21(19,20)15-11(2)16-17-12(15)3/h6-7,9H,4-5,8H2,1-3H3,(H,16,17). The maximum absolute atomic E-state index is 13.0. The molecule has 5 nitrogen and oxygen atoms in total. The Hall–Kier alpha value is -1.82. The van der Waals surface area contributed by atoms with Gasteiger partial charge in [-0.3, -0.25) is 9.40 Å². The summed E-state index contributed by atoms with van der Waals surface area (Å²) in [4.78, 5) is 0.302. The first kappa shape index (κ1) is 14.1. The second kappa shape index (κ2) is 4.87. The van der Waals surface area contributed by atoms with Crippen LogP contribution in [-0.4, -0.2) is 25.2 Å². The molecular weight excluding hydrogens is 286 g/mol. The molecule has 0 saturated heterocycles. The second-order valence-electron chi connectivity index (χ2n) is 5.58. The summed E-state index contributed by atoms with van der Waals surface area (Å²) in [7, 11) is -3.57. The molecule has 0 amide bonds. The van der Waals surface area contributed by atoms with Crippen LogP contribution in [0.2, 0.25) is 0 Å². The molecular formula is C15H19N3O2S. The third-order valence-corrected chi connectivity index (χ3v) is 6.00. The highest BCUT2D eigenvalue weighted by atomic mass is 32.2. The lowest BCUT2D eigenvalue weighted by Crippen LogP contribution is -2.36. The van der Waals surface area contributed by atoms with Gasteiger partial charge in [-0.1, -0.05) is 17.7 Å². The summed E-state index contributed by atoms with van der Waals surface area (Å²) in [5, 5.41) is 6.78. The van der Waals surface area contributed by atoms with Crippen molar-refractivity contribution in [2.24, 2.45) is 0 Å². The van der Waals surface area contributed by atoms with Crippen LogP contribution in [0.4, 0.5) is 5.69 Å². The van der Waals surface area contributed by atoms with Crippen LogP contribution in [0.3, 0.4) is 0 Å². The molecule has 0 saturated carbocycles. The smallest absolute Gasteiger partial charge is 0.267 e. The number of hydrogen-bond donors (Lipinski definition) is 1. The van der Waals surface area contributed by atoms with Gasteiger partial charge >= 0.3 is 0 Å². The molecule has 0 unspecified atom stereocenters. The Labute approximate surface area is 125 Å². The molecule has 1 aliphatic heterocycles. The van der Waals surface area contributed by atoms with E-state index in [9.17, 15) is 8.42 Å². The fourth-order valence-corrected chi connectivity index (χ4v) is 4.85. The van der Waals surface area contributed by atoms with Gasteiger partial charge in [-0.15, -0.1) is 0 Å². The molecule has 2 heterocycles. The first-order valence-electron chi connectivity index (χ1n) is 7.05. The van der Waals surface area contributed by atoms with E-state index in [1.54, 1.807) is 13.8 Å². The van der Waals surface area contributed by atoms with Crippen LogP contribution in [0.15, 0.2) is 23.1 Å². The van der Waals surface area contributed by atoms with E-state index in [0.717, 1.165) is 29.7 Å². The van der Waals surface area contributed by atoms with Crippen LogP contribution < -0.4 is 4.31 Å². The number of fused-ring (bicyclic) bond motifs is 1. The van der Waals surface area contributed by atoms with Crippen molar-refractivity contribution in [1.82, 2.24) is 10.2 Å². The third kappa shape index (κ3) is 2.23. The lowest BCUT2D eigenvalue weighted by atomic mass is 10.0. The van der Waals surface area contributed by atoms with Gasteiger partial charge < -0.3 is 0 Å². The van der Waals surface area contributed by atoms with Gasteiger partial charge in [0.1, 0.15) is 4.90 Å². The Bertz CT molecular complexity index is 774. The Balaban J connectivity index is 2.14. The predicted octanol–water partition coefficient (Wildman–Crippen LogP) is 2.48. The molecule has 6 heteroatoms. The number of nitrogens with one attached hydrogen (secondary N) is 1. The zero-order chi connectivity index (χ0) is 15.2. The van der Waals surface area contributed by atoms with Crippen LogP contribution in [0, 0.1) is 20.8 Å². The number of anilines is 1. The average Bonchev–Trinajstić information content (AvgIpc) is 2.77. The highest BCUT2D eigenvalue weighted by Gasteiger charge is 2.32. The fourth-order valence-electron chi connectivity index (χ4n) is 2.97. The molecule has 0 radical (unpaired) electrons. The van der Waals surface area contributed by atoms with E-state index in [2.05, 4.69) is 16.3 Å². The van der Waals surface area contributed by atoms with E-state index >= 15 is 0 Å². The van der Waals surface area contributed by atoms with Crippen molar-refractivity contribution in [3.8, 4) is 0 Å². The molecule has 2 aromatic rings. The largest absolute Gasteiger partial charge is 0.281 e. The Morgan fingerprint density at radius 1 is 1.24 bits per heavy atom. The lowest BCUT2D eigenvalue weighted by Gasteiger charge is -2.30. The number of H-pyrrole nitrogens is 1. The predicted molar refractivity (Wildman–Crippen MR) is 82.1 cm³/mol. The maximum atomic E-state index is 13.0. The Morgan fingerprint density at radius 2 is 2.00 bits per heavy atom. The minimum atomic E-state index is -3.57. The van der Waals surface area contributed by atoms with E-state index in [0.29, 0.717) is 22.8 Å². The zero-order valence-corrected chi connectivity index (χ0v) is 13.3. The molecule has 0 aliphatic carbocycles. The van der Waals surface area contributed by atoms with Crippen molar-refractivity contribution in [2.75, 3.05) is 10.8 Å². The van der Waals surface area contributed by atoms with Gasteiger partial charge in [0.15, 0.2) is 0 Å². The van der Waals surface area contributed by atoms with Gasteiger partial charge in [0.2, 0.25) is 0 Å². The molecule has 0 bridgehead atoms. The molecule has 1 N–H and O–H groups in total. The summed E-state index contributed by atoms with van der Waals surface area (Å²) in [5.41, 5.74) is 4.16. The first-order valence-corrected chi connectivity index (χ1v) is 8.49. The highest BCUT2D eigenvalue weighted by molar-refractivity contribution is 7.93. The zero-order valence-electron chi connectivity index (χ0n) is 12.5. The number of aryl methyl sites for hydroxylation is 4.